The van der Waals surface area contributed by atoms with E-state index in [1.807, 2.05) is 18.2 Å². The van der Waals surface area contributed by atoms with Gasteiger partial charge in [0.25, 0.3) is 0 Å². The topological polar surface area (TPSA) is 12.0 Å². The van der Waals surface area contributed by atoms with Crippen molar-refractivity contribution in [3.8, 4) is 10.4 Å². The number of hydrogen-bond acceptors (Lipinski definition) is 2. The molecule has 0 aliphatic carbocycles. The minimum atomic E-state index is 0.694. The van der Waals surface area contributed by atoms with Gasteiger partial charge in [-0.25, -0.2) is 0 Å². The Morgan fingerprint density at radius 3 is 2.85 bits per heavy atom. The lowest BCUT2D eigenvalue weighted by molar-refractivity contribution is 0.577. The van der Waals surface area contributed by atoms with E-state index in [0.29, 0.717) is 5.92 Å². The van der Waals surface area contributed by atoms with Crippen LogP contribution in [0.1, 0.15) is 18.7 Å². The third-order valence-electron chi connectivity index (χ3n) is 2.83. The molecule has 3 heteroatoms. The van der Waals surface area contributed by atoms with Crippen LogP contribution in [-0.2, 0) is 0 Å². The third kappa shape index (κ3) is 4.78. The van der Waals surface area contributed by atoms with Crippen LogP contribution < -0.4 is 5.32 Å². The molecule has 1 aromatic heterocycles. The molecular formula is C17H20ClNS. The Hall–Kier alpha value is -1.09. The van der Waals surface area contributed by atoms with Gasteiger partial charge in [-0.15, -0.1) is 11.3 Å². The van der Waals surface area contributed by atoms with E-state index in [9.17, 15) is 0 Å². The van der Waals surface area contributed by atoms with Crippen molar-refractivity contribution >= 4 is 29.0 Å². The fourth-order valence-electron chi connectivity index (χ4n) is 1.87. The largest absolute Gasteiger partial charge is 0.313 e. The van der Waals surface area contributed by atoms with E-state index in [1.54, 1.807) is 11.3 Å². The molecule has 0 fully saturated rings. The second-order valence-electron chi connectivity index (χ2n) is 5.17. The van der Waals surface area contributed by atoms with Gasteiger partial charge < -0.3 is 5.32 Å². The number of thiophene rings is 1. The van der Waals surface area contributed by atoms with E-state index in [4.69, 9.17) is 11.6 Å². The molecule has 0 radical (unpaired) electrons. The van der Waals surface area contributed by atoms with E-state index in [-0.39, 0.29) is 0 Å². The highest BCUT2D eigenvalue weighted by Gasteiger charge is 2.01. The Morgan fingerprint density at radius 1 is 1.25 bits per heavy atom. The zero-order valence-electron chi connectivity index (χ0n) is 11.9. The average Bonchev–Trinajstić information content (AvgIpc) is 2.87. The summed E-state index contributed by atoms with van der Waals surface area (Å²) in [6.45, 7) is 6.41. The van der Waals surface area contributed by atoms with Crippen molar-refractivity contribution in [2.75, 3.05) is 13.1 Å². The minimum absolute atomic E-state index is 0.694. The standard InChI is InChI=1S/C17H20ClNS/c1-13(2)12-19-10-4-7-16-8-9-17(20-16)14-5-3-6-15(18)11-14/h3-9,11,13,19H,10,12H2,1-2H3. The van der Waals surface area contributed by atoms with Crippen LogP contribution in [0, 0.1) is 5.92 Å². The summed E-state index contributed by atoms with van der Waals surface area (Å²) in [6.07, 6.45) is 4.35. The fraction of sp³-hybridized carbons (Fsp3) is 0.294. The summed E-state index contributed by atoms with van der Waals surface area (Å²) in [5.41, 5.74) is 1.18. The maximum Gasteiger partial charge on any atom is 0.0412 e. The molecule has 0 bridgehead atoms. The smallest absolute Gasteiger partial charge is 0.0412 e. The van der Waals surface area contributed by atoms with E-state index in [2.05, 4.69) is 49.5 Å². The van der Waals surface area contributed by atoms with Crippen molar-refractivity contribution in [1.82, 2.24) is 5.32 Å². The number of benzene rings is 1. The van der Waals surface area contributed by atoms with Crippen LogP contribution in [0.5, 0.6) is 0 Å². The summed E-state index contributed by atoms with van der Waals surface area (Å²) < 4.78 is 0. The van der Waals surface area contributed by atoms with Gasteiger partial charge in [-0.1, -0.05) is 43.7 Å². The number of halogens is 1. The van der Waals surface area contributed by atoms with Crippen molar-refractivity contribution in [1.29, 1.82) is 0 Å². The summed E-state index contributed by atoms with van der Waals surface area (Å²) in [4.78, 5) is 2.52. The Labute approximate surface area is 130 Å². The van der Waals surface area contributed by atoms with Gasteiger partial charge in [0.15, 0.2) is 0 Å². The van der Waals surface area contributed by atoms with Crippen LogP contribution in [0.2, 0.25) is 5.02 Å². The summed E-state index contributed by atoms with van der Waals surface area (Å²) in [7, 11) is 0. The SMILES string of the molecule is CC(C)CNCC=Cc1ccc(-c2cccc(Cl)c2)s1. The normalized spacial score (nSPS) is 11.6. The van der Waals surface area contributed by atoms with Crippen molar-refractivity contribution < 1.29 is 0 Å². The Balaban J connectivity index is 1.94. The first-order valence-corrected chi connectivity index (χ1v) is 8.07. The highest BCUT2D eigenvalue weighted by Crippen LogP contribution is 2.30. The highest BCUT2D eigenvalue weighted by molar-refractivity contribution is 7.16. The monoisotopic (exact) mass is 305 g/mol. The Bertz CT molecular complexity index is 572. The average molecular weight is 306 g/mol. The van der Waals surface area contributed by atoms with Crippen LogP contribution in [0.3, 0.4) is 0 Å². The predicted octanol–water partition coefficient (Wildman–Crippen LogP) is 5.33. The zero-order valence-corrected chi connectivity index (χ0v) is 13.5. The van der Waals surface area contributed by atoms with Crippen LogP contribution >= 0.6 is 22.9 Å². The summed E-state index contributed by atoms with van der Waals surface area (Å²) in [5, 5.41) is 4.18. The summed E-state index contributed by atoms with van der Waals surface area (Å²) >= 11 is 7.81. The van der Waals surface area contributed by atoms with Gasteiger partial charge in [0.2, 0.25) is 0 Å². The lowest BCUT2D eigenvalue weighted by Gasteiger charge is -2.03. The van der Waals surface area contributed by atoms with Gasteiger partial charge >= 0.3 is 0 Å². The molecule has 0 saturated heterocycles. The number of hydrogen-bond donors (Lipinski definition) is 1. The molecule has 0 unspecified atom stereocenters. The quantitative estimate of drug-likeness (QED) is 0.711. The lowest BCUT2D eigenvalue weighted by atomic mass is 10.2. The van der Waals surface area contributed by atoms with Crippen LogP contribution in [0.15, 0.2) is 42.5 Å². The number of rotatable bonds is 6. The van der Waals surface area contributed by atoms with Gasteiger partial charge in [0.05, 0.1) is 0 Å². The Kier molecular flexibility index (Phi) is 5.84. The van der Waals surface area contributed by atoms with Gasteiger partial charge in [0, 0.05) is 21.3 Å². The molecule has 1 nitrogen and oxygen atoms in total. The third-order valence-corrected chi connectivity index (χ3v) is 4.17. The molecule has 2 rings (SSSR count). The summed E-state index contributed by atoms with van der Waals surface area (Å²) in [6, 6.07) is 12.3. The van der Waals surface area contributed by atoms with Gasteiger partial charge in [-0.05, 0) is 48.4 Å². The van der Waals surface area contributed by atoms with Crippen molar-refractivity contribution in [2.24, 2.45) is 5.92 Å². The molecule has 106 valence electrons. The second-order valence-corrected chi connectivity index (χ2v) is 6.72. The molecule has 1 N–H and O–H groups in total. The van der Waals surface area contributed by atoms with Gasteiger partial charge in [-0.2, -0.15) is 0 Å². The van der Waals surface area contributed by atoms with E-state index in [1.165, 1.54) is 15.3 Å². The zero-order chi connectivity index (χ0) is 14.4. The number of nitrogens with one attached hydrogen (secondary N) is 1. The maximum absolute atomic E-state index is 6.03. The van der Waals surface area contributed by atoms with Gasteiger partial charge in [-0.3, -0.25) is 0 Å². The highest BCUT2D eigenvalue weighted by atomic mass is 35.5. The summed E-state index contributed by atoms with van der Waals surface area (Å²) in [5.74, 6) is 0.694. The molecule has 2 aromatic rings. The van der Waals surface area contributed by atoms with Crippen LogP contribution in [0.4, 0.5) is 0 Å². The Morgan fingerprint density at radius 2 is 2.10 bits per heavy atom. The second kappa shape index (κ2) is 7.63. The van der Waals surface area contributed by atoms with Crippen molar-refractivity contribution in [3.05, 3.63) is 52.4 Å². The predicted molar refractivity (Wildman–Crippen MR) is 91.5 cm³/mol. The van der Waals surface area contributed by atoms with E-state index >= 15 is 0 Å². The molecule has 20 heavy (non-hydrogen) atoms. The molecule has 0 amide bonds. The maximum atomic E-state index is 6.03. The van der Waals surface area contributed by atoms with E-state index < -0.39 is 0 Å². The molecule has 0 aliphatic rings. The first-order chi connectivity index (χ1) is 9.65. The molecule has 0 saturated carbocycles. The van der Waals surface area contributed by atoms with E-state index in [0.717, 1.165) is 18.1 Å². The molecule has 0 atom stereocenters. The first kappa shape index (κ1) is 15.3. The molecule has 1 aromatic carbocycles. The molecular weight excluding hydrogens is 286 g/mol. The molecule has 0 aliphatic heterocycles. The first-order valence-electron chi connectivity index (χ1n) is 6.88. The molecule has 0 spiro atoms. The minimum Gasteiger partial charge on any atom is -0.313 e. The van der Waals surface area contributed by atoms with Crippen molar-refractivity contribution in [3.63, 3.8) is 0 Å². The van der Waals surface area contributed by atoms with Crippen molar-refractivity contribution in [2.45, 2.75) is 13.8 Å². The fourth-order valence-corrected chi connectivity index (χ4v) is 3.00. The van der Waals surface area contributed by atoms with Crippen LogP contribution in [0.25, 0.3) is 16.5 Å². The lowest BCUT2D eigenvalue weighted by Crippen LogP contribution is -2.19. The molecule has 1 heterocycles. The van der Waals surface area contributed by atoms with Crippen LogP contribution in [-0.4, -0.2) is 13.1 Å². The van der Waals surface area contributed by atoms with Gasteiger partial charge in [0.1, 0.15) is 0 Å².